The highest BCUT2D eigenvalue weighted by Gasteiger charge is 2.33. The van der Waals surface area contributed by atoms with Crippen LogP contribution in [0.1, 0.15) is 50.7 Å². The van der Waals surface area contributed by atoms with Crippen molar-refractivity contribution in [3.05, 3.63) is 53.6 Å². The number of rotatable bonds is 9. The largest absolute Gasteiger partial charge is 0.507 e. The molecule has 2 aromatic rings. The minimum atomic E-state index is -4.58. The van der Waals surface area contributed by atoms with E-state index >= 15 is 0 Å². The van der Waals surface area contributed by atoms with Crippen molar-refractivity contribution in [2.45, 2.75) is 52.3 Å². The zero-order chi connectivity index (χ0) is 22.1. The number of alkyl halides is 3. The second-order valence-electron chi connectivity index (χ2n) is 7.14. The van der Waals surface area contributed by atoms with Crippen LogP contribution in [0.25, 0.3) is 11.1 Å². The number of phenolic OH excluding ortho intramolecular Hbond substituents is 1. The minimum Gasteiger partial charge on any atom is -0.507 e. The van der Waals surface area contributed by atoms with Crippen LogP contribution in [0, 0.1) is 0 Å². The van der Waals surface area contributed by atoms with E-state index in [-0.39, 0.29) is 30.0 Å². The number of carbonyl (C=O) groups is 1. The first-order chi connectivity index (χ1) is 14.3. The van der Waals surface area contributed by atoms with Gasteiger partial charge >= 0.3 is 12.3 Å². The van der Waals surface area contributed by atoms with Crippen LogP contribution in [-0.4, -0.2) is 29.3 Å². The molecule has 4 nitrogen and oxygen atoms in total. The van der Waals surface area contributed by atoms with Crippen molar-refractivity contribution >= 4 is 6.09 Å². The molecule has 0 aliphatic rings. The van der Waals surface area contributed by atoms with Crippen molar-refractivity contribution < 1.29 is 27.8 Å². The summed E-state index contributed by atoms with van der Waals surface area (Å²) in [6.07, 6.45) is -2.12. The molecule has 0 radical (unpaired) electrons. The molecule has 7 heteroatoms. The Morgan fingerprint density at radius 1 is 1.07 bits per heavy atom. The monoisotopic (exact) mass is 423 g/mol. The molecular formula is C23H28F3NO3. The molecule has 0 unspecified atom stereocenters. The third kappa shape index (κ3) is 6.40. The highest BCUT2D eigenvalue weighted by molar-refractivity contribution is 5.73. The summed E-state index contributed by atoms with van der Waals surface area (Å²) >= 11 is 0. The van der Waals surface area contributed by atoms with Gasteiger partial charge in [-0.25, -0.2) is 4.79 Å². The molecule has 0 saturated heterocycles. The lowest BCUT2D eigenvalue weighted by atomic mass is 9.97. The van der Waals surface area contributed by atoms with Gasteiger partial charge in [-0.1, -0.05) is 57.0 Å². The fourth-order valence-electron chi connectivity index (χ4n) is 3.00. The summed E-state index contributed by atoms with van der Waals surface area (Å²) in [7, 11) is 0. The molecule has 2 rings (SSSR count). The Balaban J connectivity index is 2.42. The molecule has 0 heterocycles. The van der Waals surface area contributed by atoms with Gasteiger partial charge in [-0.05, 0) is 30.5 Å². The van der Waals surface area contributed by atoms with Crippen molar-refractivity contribution in [2.24, 2.45) is 0 Å². The third-order valence-corrected chi connectivity index (χ3v) is 4.73. The maximum Gasteiger partial charge on any atom is 0.416 e. The Bertz CT molecular complexity index is 822. The predicted molar refractivity (Wildman–Crippen MR) is 110 cm³/mol. The lowest BCUT2D eigenvalue weighted by Crippen LogP contribution is -2.32. The second-order valence-corrected chi connectivity index (χ2v) is 7.14. The molecule has 1 amide bonds. The highest BCUT2D eigenvalue weighted by Crippen LogP contribution is 2.39. The SMILES string of the molecule is CCCCOC(=O)N(CCCC)Cc1cc(C(F)(F)F)cc(-c2ccccc2)c1O. The lowest BCUT2D eigenvalue weighted by molar-refractivity contribution is -0.137. The van der Waals surface area contributed by atoms with Gasteiger partial charge in [0.05, 0.1) is 18.7 Å². The smallest absolute Gasteiger partial charge is 0.416 e. The Labute approximate surface area is 175 Å². The number of ether oxygens (including phenoxy) is 1. The number of phenols is 1. The molecule has 0 atom stereocenters. The first-order valence-corrected chi connectivity index (χ1v) is 10.2. The molecule has 0 aliphatic carbocycles. The number of halogens is 3. The van der Waals surface area contributed by atoms with Gasteiger partial charge in [-0.15, -0.1) is 0 Å². The normalized spacial score (nSPS) is 11.4. The summed E-state index contributed by atoms with van der Waals surface area (Å²) in [6, 6.07) is 10.2. The van der Waals surface area contributed by atoms with E-state index in [9.17, 15) is 23.1 Å². The number of aromatic hydroxyl groups is 1. The Morgan fingerprint density at radius 3 is 2.33 bits per heavy atom. The number of amides is 1. The fraction of sp³-hybridized carbons (Fsp3) is 0.435. The van der Waals surface area contributed by atoms with Crippen molar-refractivity contribution in [3.8, 4) is 16.9 Å². The number of nitrogens with zero attached hydrogens (tertiary/aromatic N) is 1. The fourth-order valence-corrected chi connectivity index (χ4v) is 3.00. The average molecular weight is 423 g/mol. The number of hydrogen-bond acceptors (Lipinski definition) is 3. The van der Waals surface area contributed by atoms with E-state index in [2.05, 4.69) is 0 Å². The van der Waals surface area contributed by atoms with E-state index < -0.39 is 17.8 Å². The summed E-state index contributed by atoms with van der Waals surface area (Å²) in [6.45, 7) is 4.34. The van der Waals surface area contributed by atoms with Crippen LogP contribution in [-0.2, 0) is 17.5 Å². The second kappa shape index (κ2) is 10.9. The van der Waals surface area contributed by atoms with Crippen LogP contribution in [0.2, 0.25) is 0 Å². The van der Waals surface area contributed by atoms with Crippen LogP contribution in [0.3, 0.4) is 0 Å². The summed E-state index contributed by atoms with van der Waals surface area (Å²) in [4.78, 5) is 13.8. The zero-order valence-corrected chi connectivity index (χ0v) is 17.3. The Morgan fingerprint density at radius 2 is 1.73 bits per heavy atom. The van der Waals surface area contributed by atoms with E-state index in [1.54, 1.807) is 30.3 Å². The first-order valence-electron chi connectivity index (χ1n) is 10.2. The third-order valence-electron chi connectivity index (χ3n) is 4.73. The van der Waals surface area contributed by atoms with Gasteiger partial charge in [0, 0.05) is 17.7 Å². The molecule has 1 N–H and O–H groups in total. The van der Waals surface area contributed by atoms with Crippen LogP contribution in [0.15, 0.2) is 42.5 Å². The molecular weight excluding hydrogens is 395 g/mol. The van der Waals surface area contributed by atoms with E-state index in [1.807, 2.05) is 13.8 Å². The molecule has 30 heavy (non-hydrogen) atoms. The summed E-state index contributed by atoms with van der Waals surface area (Å²) in [5.41, 5.74) is -0.292. The topological polar surface area (TPSA) is 49.8 Å². The number of unbranched alkanes of at least 4 members (excludes halogenated alkanes) is 2. The minimum absolute atomic E-state index is 0.0345. The first kappa shape index (κ1) is 23.6. The van der Waals surface area contributed by atoms with Gasteiger partial charge in [-0.2, -0.15) is 13.2 Å². The molecule has 0 spiro atoms. The van der Waals surface area contributed by atoms with Gasteiger partial charge in [-0.3, -0.25) is 0 Å². The Hall–Kier alpha value is -2.70. The highest BCUT2D eigenvalue weighted by atomic mass is 19.4. The standard InChI is InChI=1S/C23H28F3NO3/c1-3-5-12-27(22(29)30-13-6-4-2)16-18-14-19(23(24,25)26)15-20(21(18)28)17-10-8-7-9-11-17/h7-11,14-15,28H,3-6,12-13,16H2,1-2H3. The van der Waals surface area contributed by atoms with Gasteiger partial charge in [0.2, 0.25) is 0 Å². The molecule has 0 aromatic heterocycles. The average Bonchev–Trinajstić information content (AvgIpc) is 2.72. The van der Waals surface area contributed by atoms with Gasteiger partial charge in [0.25, 0.3) is 0 Å². The van der Waals surface area contributed by atoms with Gasteiger partial charge in [0.1, 0.15) is 5.75 Å². The molecule has 0 saturated carbocycles. The van der Waals surface area contributed by atoms with Gasteiger partial charge < -0.3 is 14.7 Å². The molecule has 0 fully saturated rings. The van der Waals surface area contributed by atoms with Crippen LogP contribution < -0.4 is 0 Å². The van der Waals surface area contributed by atoms with E-state index in [1.165, 1.54) is 4.90 Å². The van der Waals surface area contributed by atoms with E-state index in [4.69, 9.17) is 4.74 Å². The van der Waals surface area contributed by atoms with Crippen molar-refractivity contribution in [1.82, 2.24) is 4.90 Å². The van der Waals surface area contributed by atoms with Gasteiger partial charge in [0.15, 0.2) is 0 Å². The summed E-state index contributed by atoms with van der Waals surface area (Å²) < 4.78 is 45.8. The summed E-state index contributed by atoms with van der Waals surface area (Å²) in [5.74, 6) is -0.267. The quantitative estimate of drug-likeness (QED) is 0.461. The predicted octanol–water partition coefficient (Wildman–Crippen LogP) is 6.62. The van der Waals surface area contributed by atoms with Crippen LogP contribution in [0.4, 0.5) is 18.0 Å². The molecule has 0 aliphatic heterocycles. The van der Waals surface area contributed by atoms with Crippen molar-refractivity contribution in [2.75, 3.05) is 13.2 Å². The number of carbonyl (C=O) groups excluding carboxylic acids is 1. The zero-order valence-electron chi connectivity index (χ0n) is 17.3. The van der Waals surface area contributed by atoms with E-state index in [0.717, 1.165) is 25.0 Å². The van der Waals surface area contributed by atoms with E-state index in [0.29, 0.717) is 24.9 Å². The maximum atomic E-state index is 13.5. The lowest BCUT2D eigenvalue weighted by Gasteiger charge is -2.24. The Kier molecular flexibility index (Phi) is 8.57. The molecule has 2 aromatic carbocycles. The number of hydrogen-bond donors (Lipinski definition) is 1. The summed E-state index contributed by atoms with van der Waals surface area (Å²) in [5, 5.41) is 10.8. The van der Waals surface area contributed by atoms with Crippen LogP contribution >= 0.6 is 0 Å². The molecule has 164 valence electrons. The van der Waals surface area contributed by atoms with Crippen molar-refractivity contribution in [3.63, 3.8) is 0 Å². The maximum absolute atomic E-state index is 13.5. The van der Waals surface area contributed by atoms with Crippen LogP contribution in [0.5, 0.6) is 5.75 Å². The van der Waals surface area contributed by atoms with Crippen molar-refractivity contribution in [1.29, 1.82) is 0 Å². The molecule has 0 bridgehead atoms. The number of benzene rings is 2.